The smallest absolute Gasteiger partial charge is 0.310 e. The predicted molar refractivity (Wildman–Crippen MR) is 71.3 cm³/mol. The van der Waals surface area contributed by atoms with E-state index in [0.29, 0.717) is 12.6 Å². The minimum atomic E-state index is -0.120. The molecular weight excluding hydrogens is 226 g/mol. The largest absolute Gasteiger partial charge is 0.469 e. The van der Waals surface area contributed by atoms with Crippen molar-refractivity contribution in [3.05, 3.63) is 35.9 Å². The lowest BCUT2D eigenvalue weighted by atomic mass is 9.92. The van der Waals surface area contributed by atoms with Gasteiger partial charge in [0.15, 0.2) is 0 Å². The summed E-state index contributed by atoms with van der Waals surface area (Å²) in [6, 6.07) is 10.7. The van der Waals surface area contributed by atoms with Crippen LogP contribution in [0.5, 0.6) is 0 Å². The molecule has 0 bridgehead atoms. The minimum Gasteiger partial charge on any atom is -0.469 e. The molecule has 1 saturated carbocycles. The van der Waals surface area contributed by atoms with Gasteiger partial charge in [-0.3, -0.25) is 4.79 Å². The van der Waals surface area contributed by atoms with Crippen LogP contribution in [-0.2, 0) is 16.0 Å². The first kappa shape index (κ1) is 13.1. The van der Waals surface area contributed by atoms with Gasteiger partial charge < -0.3 is 10.1 Å². The highest BCUT2D eigenvalue weighted by Gasteiger charge is 2.23. The van der Waals surface area contributed by atoms with Crippen molar-refractivity contribution in [3.63, 3.8) is 0 Å². The first-order chi connectivity index (χ1) is 8.79. The number of hydrogen-bond acceptors (Lipinski definition) is 3. The van der Waals surface area contributed by atoms with Gasteiger partial charge in [-0.05, 0) is 24.8 Å². The number of benzene rings is 1. The van der Waals surface area contributed by atoms with Crippen LogP contribution in [0.3, 0.4) is 0 Å². The highest BCUT2D eigenvalue weighted by Crippen LogP contribution is 2.19. The number of methoxy groups -OCH3 is 1. The Kier molecular flexibility index (Phi) is 4.76. The molecule has 98 valence electrons. The van der Waals surface area contributed by atoms with E-state index < -0.39 is 0 Å². The van der Waals surface area contributed by atoms with E-state index in [1.165, 1.54) is 31.9 Å². The summed E-state index contributed by atoms with van der Waals surface area (Å²) in [5, 5.41) is 3.45. The van der Waals surface area contributed by atoms with Crippen LogP contribution < -0.4 is 5.32 Å². The Balaban J connectivity index is 1.89. The number of nitrogens with one attached hydrogen (secondary N) is 1. The quantitative estimate of drug-likeness (QED) is 0.783. The van der Waals surface area contributed by atoms with Crippen LogP contribution in [0, 0.1) is 5.92 Å². The number of ether oxygens (including phenoxy) is 1. The van der Waals surface area contributed by atoms with E-state index in [1.54, 1.807) is 0 Å². The van der Waals surface area contributed by atoms with Gasteiger partial charge in [0.2, 0.25) is 0 Å². The molecule has 0 radical (unpaired) electrons. The van der Waals surface area contributed by atoms with Gasteiger partial charge in [0.25, 0.3) is 0 Å². The molecule has 1 aliphatic carbocycles. The highest BCUT2D eigenvalue weighted by atomic mass is 16.5. The number of rotatable bonds is 6. The Hall–Kier alpha value is -1.35. The van der Waals surface area contributed by atoms with Crippen LogP contribution in [0.4, 0.5) is 0 Å². The molecule has 0 aromatic heterocycles. The molecule has 18 heavy (non-hydrogen) atoms. The molecule has 1 unspecified atom stereocenters. The van der Waals surface area contributed by atoms with Gasteiger partial charge in [-0.2, -0.15) is 0 Å². The Morgan fingerprint density at radius 2 is 2.11 bits per heavy atom. The highest BCUT2D eigenvalue weighted by molar-refractivity contribution is 5.73. The zero-order chi connectivity index (χ0) is 12.8. The molecule has 3 heteroatoms. The summed E-state index contributed by atoms with van der Waals surface area (Å²) >= 11 is 0. The van der Waals surface area contributed by atoms with Crippen LogP contribution >= 0.6 is 0 Å². The lowest BCUT2D eigenvalue weighted by Crippen LogP contribution is -2.40. The fraction of sp³-hybridized carbons (Fsp3) is 0.533. The van der Waals surface area contributed by atoms with Gasteiger partial charge in [0.05, 0.1) is 13.0 Å². The van der Waals surface area contributed by atoms with Crippen LogP contribution in [0.25, 0.3) is 0 Å². The van der Waals surface area contributed by atoms with E-state index in [1.807, 2.05) is 18.2 Å². The molecule has 0 spiro atoms. The third-order valence-corrected chi connectivity index (χ3v) is 3.62. The number of esters is 1. The summed E-state index contributed by atoms with van der Waals surface area (Å²) in [6.07, 6.45) is 4.52. The number of hydrogen-bond donors (Lipinski definition) is 1. The molecule has 0 saturated heterocycles. The molecule has 1 aliphatic rings. The van der Waals surface area contributed by atoms with E-state index in [2.05, 4.69) is 17.4 Å². The van der Waals surface area contributed by atoms with Crippen molar-refractivity contribution in [1.82, 2.24) is 5.32 Å². The molecule has 1 aromatic carbocycles. The molecule has 1 aromatic rings. The van der Waals surface area contributed by atoms with Crippen molar-refractivity contribution in [3.8, 4) is 0 Å². The minimum absolute atomic E-state index is 0.0852. The second kappa shape index (κ2) is 6.55. The average Bonchev–Trinajstić information content (AvgIpc) is 2.36. The van der Waals surface area contributed by atoms with E-state index in [0.717, 1.165) is 6.42 Å². The topological polar surface area (TPSA) is 38.3 Å². The SMILES string of the molecule is COC(=O)C(CNC1CCC1)Cc1ccccc1. The summed E-state index contributed by atoms with van der Waals surface area (Å²) in [6.45, 7) is 0.715. The monoisotopic (exact) mass is 247 g/mol. The second-order valence-electron chi connectivity index (χ2n) is 4.95. The molecule has 1 fully saturated rings. The van der Waals surface area contributed by atoms with E-state index in [4.69, 9.17) is 4.74 Å². The molecule has 2 rings (SSSR count). The zero-order valence-electron chi connectivity index (χ0n) is 10.9. The van der Waals surface area contributed by atoms with Crippen molar-refractivity contribution in [1.29, 1.82) is 0 Å². The maximum absolute atomic E-state index is 11.8. The summed E-state index contributed by atoms with van der Waals surface area (Å²) in [5.41, 5.74) is 1.18. The third-order valence-electron chi connectivity index (χ3n) is 3.62. The zero-order valence-corrected chi connectivity index (χ0v) is 10.9. The first-order valence-corrected chi connectivity index (χ1v) is 6.64. The maximum atomic E-state index is 11.8. The van der Waals surface area contributed by atoms with Gasteiger partial charge in [0.1, 0.15) is 0 Å². The average molecular weight is 247 g/mol. The summed E-state index contributed by atoms with van der Waals surface area (Å²) in [4.78, 5) is 11.8. The second-order valence-corrected chi connectivity index (χ2v) is 4.95. The molecule has 3 nitrogen and oxygen atoms in total. The van der Waals surface area contributed by atoms with E-state index in [-0.39, 0.29) is 11.9 Å². The predicted octanol–water partition coefficient (Wildman–Crippen LogP) is 2.16. The Bertz CT molecular complexity index is 373. The number of carbonyl (C=O) groups excluding carboxylic acids is 1. The van der Waals surface area contributed by atoms with Gasteiger partial charge in [-0.25, -0.2) is 0 Å². The van der Waals surface area contributed by atoms with Crippen LogP contribution in [0.15, 0.2) is 30.3 Å². The molecular formula is C15H21NO2. The standard InChI is InChI=1S/C15H21NO2/c1-18-15(17)13(11-16-14-8-5-9-14)10-12-6-3-2-4-7-12/h2-4,6-7,13-14,16H,5,8-11H2,1H3. The number of carbonyl (C=O) groups is 1. The fourth-order valence-electron chi connectivity index (χ4n) is 2.23. The van der Waals surface area contributed by atoms with Crippen LogP contribution in [-0.4, -0.2) is 25.7 Å². The van der Waals surface area contributed by atoms with Crippen LogP contribution in [0.2, 0.25) is 0 Å². The van der Waals surface area contributed by atoms with Gasteiger partial charge >= 0.3 is 5.97 Å². The van der Waals surface area contributed by atoms with E-state index >= 15 is 0 Å². The van der Waals surface area contributed by atoms with Gasteiger partial charge in [-0.15, -0.1) is 0 Å². The van der Waals surface area contributed by atoms with Crippen LogP contribution in [0.1, 0.15) is 24.8 Å². The van der Waals surface area contributed by atoms with Crippen molar-refractivity contribution < 1.29 is 9.53 Å². The summed E-state index contributed by atoms with van der Waals surface area (Å²) in [7, 11) is 1.46. The third kappa shape index (κ3) is 3.57. The molecule has 1 atom stereocenters. The molecule has 0 heterocycles. The molecule has 0 aliphatic heterocycles. The first-order valence-electron chi connectivity index (χ1n) is 6.64. The molecule has 0 amide bonds. The van der Waals surface area contributed by atoms with Crippen molar-refractivity contribution in [2.24, 2.45) is 5.92 Å². The fourth-order valence-corrected chi connectivity index (χ4v) is 2.23. The Morgan fingerprint density at radius 3 is 2.67 bits per heavy atom. The lowest BCUT2D eigenvalue weighted by molar-refractivity contribution is -0.145. The maximum Gasteiger partial charge on any atom is 0.310 e. The van der Waals surface area contributed by atoms with Crippen molar-refractivity contribution in [2.75, 3.05) is 13.7 Å². The van der Waals surface area contributed by atoms with Gasteiger partial charge in [-0.1, -0.05) is 36.8 Å². The molecule has 1 N–H and O–H groups in total. The summed E-state index contributed by atoms with van der Waals surface area (Å²) in [5.74, 6) is -0.205. The lowest BCUT2D eigenvalue weighted by Gasteiger charge is -2.28. The Labute approximate surface area is 109 Å². The summed E-state index contributed by atoms with van der Waals surface area (Å²) < 4.78 is 4.89. The van der Waals surface area contributed by atoms with E-state index in [9.17, 15) is 4.79 Å². The van der Waals surface area contributed by atoms with Crippen molar-refractivity contribution >= 4 is 5.97 Å². The van der Waals surface area contributed by atoms with Gasteiger partial charge in [0, 0.05) is 12.6 Å². The normalized spacial score (nSPS) is 16.9. The Morgan fingerprint density at radius 1 is 1.39 bits per heavy atom. The van der Waals surface area contributed by atoms with Crippen molar-refractivity contribution in [2.45, 2.75) is 31.7 Å².